The summed E-state index contributed by atoms with van der Waals surface area (Å²) in [5.41, 5.74) is 1.05. The first-order chi connectivity index (χ1) is 11.3. The number of rotatable bonds is 6. The minimum absolute atomic E-state index is 0.0454. The number of piperidine rings is 1. The molecule has 0 bridgehead atoms. The van der Waals surface area contributed by atoms with Crippen LogP contribution in [-0.4, -0.2) is 49.0 Å². The molecule has 24 heavy (non-hydrogen) atoms. The molecular weight excluding hydrogens is 302 g/mol. The van der Waals surface area contributed by atoms with Crippen molar-refractivity contribution in [3.8, 4) is 11.5 Å². The van der Waals surface area contributed by atoms with Crippen molar-refractivity contribution in [1.82, 2.24) is 4.90 Å². The van der Waals surface area contributed by atoms with Gasteiger partial charge < -0.3 is 14.6 Å². The number of benzene rings is 1. The van der Waals surface area contributed by atoms with E-state index in [1.54, 1.807) is 7.11 Å². The Morgan fingerprint density at radius 2 is 2.04 bits per heavy atom. The summed E-state index contributed by atoms with van der Waals surface area (Å²) >= 11 is 0. The van der Waals surface area contributed by atoms with E-state index >= 15 is 0 Å². The quantitative estimate of drug-likeness (QED) is 0.862. The highest BCUT2D eigenvalue weighted by Gasteiger charge is 2.23. The molecule has 0 saturated carbocycles. The van der Waals surface area contributed by atoms with E-state index in [0.717, 1.165) is 23.6 Å². The standard InChI is InChI=1S/C20H33NO3/c1-15-8-6-7-11-21(15)13-16(22)14-24-19-10-9-17(23-5)12-18(19)20(2,3)4/h9-10,12,15-16,22H,6-8,11,13-14H2,1-5H3/t15-,16-/m0/s1. The predicted octanol–water partition coefficient (Wildman–Crippen LogP) is 3.61. The summed E-state index contributed by atoms with van der Waals surface area (Å²) < 4.78 is 11.3. The molecule has 4 nitrogen and oxygen atoms in total. The molecule has 1 heterocycles. The molecule has 1 N–H and O–H groups in total. The first-order valence-electron chi connectivity index (χ1n) is 9.04. The summed E-state index contributed by atoms with van der Waals surface area (Å²) in [5.74, 6) is 1.66. The topological polar surface area (TPSA) is 41.9 Å². The first-order valence-corrected chi connectivity index (χ1v) is 9.04. The van der Waals surface area contributed by atoms with Crippen LogP contribution in [0.2, 0.25) is 0 Å². The third-order valence-corrected chi connectivity index (χ3v) is 4.81. The summed E-state index contributed by atoms with van der Waals surface area (Å²) in [6.07, 6.45) is 3.27. The van der Waals surface area contributed by atoms with Crippen molar-refractivity contribution in [2.75, 3.05) is 26.8 Å². The highest BCUT2D eigenvalue weighted by Crippen LogP contribution is 2.34. The molecule has 1 aromatic carbocycles. The Morgan fingerprint density at radius 3 is 2.67 bits per heavy atom. The Balaban J connectivity index is 1.98. The average molecular weight is 335 g/mol. The van der Waals surface area contributed by atoms with Crippen molar-refractivity contribution < 1.29 is 14.6 Å². The number of nitrogens with zero attached hydrogens (tertiary/aromatic N) is 1. The van der Waals surface area contributed by atoms with Gasteiger partial charge >= 0.3 is 0 Å². The maximum Gasteiger partial charge on any atom is 0.123 e. The lowest BCUT2D eigenvalue weighted by atomic mass is 9.86. The van der Waals surface area contributed by atoms with Crippen LogP contribution < -0.4 is 9.47 Å². The van der Waals surface area contributed by atoms with E-state index in [0.29, 0.717) is 19.2 Å². The molecule has 136 valence electrons. The lowest BCUT2D eigenvalue weighted by molar-refractivity contribution is 0.0433. The Labute approximate surface area is 146 Å². The molecule has 1 aliphatic heterocycles. The van der Waals surface area contributed by atoms with Gasteiger partial charge in [0.1, 0.15) is 24.2 Å². The van der Waals surface area contributed by atoms with Crippen molar-refractivity contribution in [1.29, 1.82) is 0 Å². The van der Waals surface area contributed by atoms with Crippen LogP contribution in [0.15, 0.2) is 18.2 Å². The summed E-state index contributed by atoms with van der Waals surface area (Å²) in [7, 11) is 1.67. The molecule has 4 heteroatoms. The molecule has 1 aliphatic rings. The SMILES string of the molecule is COc1ccc(OC[C@@H](O)CN2CCCC[C@@H]2C)c(C(C)(C)C)c1. The number of likely N-dealkylation sites (tertiary alicyclic amines) is 1. The van der Waals surface area contributed by atoms with E-state index in [4.69, 9.17) is 9.47 Å². The van der Waals surface area contributed by atoms with E-state index in [1.807, 2.05) is 18.2 Å². The lowest BCUT2D eigenvalue weighted by Gasteiger charge is -2.34. The van der Waals surface area contributed by atoms with Crippen molar-refractivity contribution in [3.05, 3.63) is 23.8 Å². The van der Waals surface area contributed by atoms with Crippen LogP contribution in [0.25, 0.3) is 0 Å². The monoisotopic (exact) mass is 335 g/mol. The molecule has 2 atom stereocenters. The summed E-state index contributed by atoms with van der Waals surface area (Å²) in [6.45, 7) is 10.8. The summed E-state index contributed by atoms with van der Waals surface area (Å²) in [5, 5.41) is 10.4. The molecule has 1 fully saturated rings. The molecule has 0 unspecified atom stereocenters. The summed E-state index contributed by atoms with van der Waals surface area (Å²) in [6, 6.07) is 6.42. The first kappa shape index (κ1) is 19.1. The zero-order valence-corrected chi connectivity index (χ0v) is 15.8. The molecule has 2 rings (SSSR count). The van der Waals surface area contributed by atoms with E-state index in [-0.39, 0.29) is 5.41 Å². The number of hydrogen-bond donors (Lipinski definition) is 1. The molecule has 0 aromatic heterocycles. The molecule has 0 amide bonds. The Morgan fingerprint density at radius 1 is 1.29 bits per heavy atom. The van der Waals surface area contributed by atoms with E-state index in [9.17, 15) is 5.11 Å². The summed E-state index contributed by atoms with van der Waals surface area (Å²) in [4.78, 5) is 2.37. The van der Waals surface area contributed by atoms with Crippen molar-refractivity contribution in [3.63, 3.8) is 0 Å². The number of β-amino-alcohol motifs (C(OH)–C–C–N with tert-alkyl or cyclic N) is 1. The average Bonchev–Trinajstić information content (AvgIpc) is 2.54. The smallest absolute Gasteiger partial charge is 0.123 e. The van der Waals surface area contributed by atoms with Crippen LogP contribution >= 0.6 is 0 Å². The zero-order valence-electron chi connectivity index (χ0n) is 15.8. The van der Waals surface area contributed by atoms with Gasteiger partial charge in [0.2, 0.25) is 0 Å². The van der Waals surface area contributed by atoms with Crippen LogP contribution in [0.5, 0.6) is 11.5 Å². The van der Waals surface area contributed by atoms with Gasteiger partial charge in [0, 0.05) is 18.2 Å². The number of aliphatic hydroxyl groups excluding tert-OH is 1. The maximum atomic E-state index is 10.4. The third-order valence-electron chi connectivity index (χ3n) is 4.81. The normalized spacial score (nSPS) is 20.7. The maximum absolute atomic E-state index is 10.4. The fraction of sp³-hybridized carbons (Fsp3) is 0.700. The molecule has 0 aliphatic carbocycles. The zero-order chi connectivity index (χ0) is 17.7. The van der Waals surface area contributed by atoms with Gasteiger partial charge in [-0.25, -0.2) is 0 Å². The number of ether oxygens (including phenoxy) is 2. The Kier molecular flexibility index (Phi) is 6.53. The molecule has 0 spiro atoms. The lowest BCUT2D eigenvalue weighted by Crippen LogP contribution is -2.43. The second-order valence-corrected chi connectivity index (χ2v) is 7.92. The van der Waals surface area contributed by atoms with E-state index in [2.05, 4.69) is 32.6 Å². The third kappa shape index (κ3) is 5.12. The number of aliphatic hydroxyl groups is 1. The largest absolute Gasteiger partial charge is 0.497 e. The van der Waals surface area contributed by atoms with Gasteiger partial charge in [0.15, 0.2) is 0 Å². The number of hydrogen-bond acceptors (Lipinski definition) is 4. The van der Waals surface area contributed by atoms with E-state index < -0.39 is 6.10 Å². The highest BCUT2D eigenvalue weighted by atomic mass is 16.5. The molecule has 1 aromatic rings. The Hall–Kier alpha value is -1.26. The van der Waals surface area contributed by atoms with Gasteiger partial charge in [-0.1, -0.05) is 27.2 Å². The fourth-order valence-electron chi connectivity index (χ4n) is 3.29. The highest BCUT2D eigenvalue weighted by molar-refractivity contribution is 5.44. The second-order valence-electron chi connectivity index (χ2n) is 7.92. The van der Waals surface area contributed by atoms with E-state index in [1.165, 1.54) is 19.3 Å². The van der Waals surface area contributed by atoms with Gasteiger partial charge in [-0.3, -0.25) is 4.90 Å². The van der Waals surface area contributed by atoms with Crippen molar-refractivity contribution >= 4 is 0 Å². The minimum Gasteiger partial charge on any atom is -0.497 e. The van der Waals surface area contributed by atoms with Crippen molar-refractivity contribution in [2.45, 2.75) is 64.5 Å². The van der Waals surface area contributed by atoms with Gasteiger partial charge in [-0.2, -0.15) is 0 Å². The number of methoxy groups -OCH3 is 1. The van der Waals surface area contributed by atoms with Crippen molar-refractivity contribution in [2.24, 2.45) is 0 Å². The fourth-order valence-corrected chi connectivity index (χ4v) is 3.29. The Bertz CT molecular complexity index is 524. The second kappa shape index (κ2) is 8.21. The van der Waals surface area contributed by atoms with Crippen LogP contribution in [-0.2, 0) is 5.41 Å². The van der Waals surface area contributed by atoms with Crippen LogP contribution in [0.4, 0.5) is 0 Å². The van der Waals surface area contributed by atoms with Crippen LogP contribution in [0.3, 0.4) is 0 Å². The van der Waals surface area contributed by atoms with Crippen LogP contribution in [0, 0.1) is 0 Å². The minimum atomic E-state index is -0.472. The van der Waals surface area contributed by atoms with Gasteiger partial charge in [-0.15, -0.1) is 0 Å². The van der Waals surface area contributed by atoms with Gasteiger partial charge in [-0.05, 0) is 49.9 Å². The molecular formula is C20H33NO3. The predicted molar refractivity (Wildman–Crippen MR) is 98.1 cm³/mol. The molecule has 1 saturated heterocycles. The van der Waals surface area contributed by atoms with Gasteiger partial charge in [0.05, 0.1) is 7.11 Å². The van der Waals surface area contributed by atoms with Gasteiger partial charge in [0.25, 0.3) is 0 Å². The van der Waals surface area contributed by atoms with Crippen LogP contribution in [0.1, 0.15) is 52.5 Å². The molecule has 0 radical (unpaired) electrons.